The fraction of sp³-hybridized carbons (Fsp3) is 0.455. The van der Waals surface area contributed by atoms with Gasteiger partial charge in [-0.1, -0.05) is 23.7 Å². The van der Waals surface area contributed by atoms with Crippen LogP contribution in [0.5, 0.6) is 0 Å². The van der Waals surface area contributed by atoms with E-state index in [0.717, 1.165) is 5.56 Å². The van der Waals surface area contributed by atoms with Crippen LogP contribution in [0.15, 0.2) is 40.9 Å². The second-order valence-corrected chi connectivity index (χ2v) is 16.8. The molecule has 1 saturated heterocycles. The number of fused-ring (bicyclic) bond motifs is 1. The number of hydrogen-bond donors (Lipinski definition) is 6. The topological polar surface area (TPSA) is 226 Å². The Morgan fingerprint density at radius 1 is 1.20 bits per heavy atom. The van der Waals surface area contributed by atoms with Crippen LogP contribution in [0.1, 0.15) is 24.8 Å². The Labute approximate surface area is 240 Å². The molecule has 6 atom stereocenters. The lowest BCUT2D eigenvalue weighted by atomic mass is 10.1. The lowest BCUT2D eigenvalue weighted by Crippen LogP contribution is -2.33. The largest absolute Gasteiger partial charge is 0.387 e. The first-order valence-corrected chi connectivity index (χ1v) is 18.3. The third-order valence-corrected chi connectivity index (χ3v) is 10.3. The minimum absolute atomic E-state index is 0.0929. The second kappa shape index (κ2) is 12.0. The van der Waals surface area contributed by atoms with Crippen LogP contribution in [0.3, 0.4) is 0 Å². The number of benzene rings is 1. The quantitative estimate of drug-likeness (QED) is 0.137. The predicted octanol–water partition coefficient (Wildman–Crippen LogP) is 2.57. The van der Waals surface area contributed by atoms with E-state index in [1.807, 2.05) is 19.1 Å². The first-order chi connectivity index (χ1) is 18.9. The van der Waals surface area contributed by atoms with Crippen LogP contribution >= 0.6 is 26.8 Å². The molecule has 1 fully saturated rings. The molecule has 1 aliphatic rings. The molecule has 3 aromatic rings. The van der Waals surface area contributed by atoms with Crippen LogP contribution in [0.4, 0.5) is 11.4 Å². The van der Waals surface area contributed by atoms with Crippen LogP contribution in [0, 0.1) is 0 Å². The fourth-order valence-electron chi connectivity index (χ4n) is 4.22. The molecule has 1 aromatic carbocycles. The van der Waals surface area contributed by atoms with E-state index in [2.05, 4.69) is 19.8 Å². The van der Waals surface area contributed by atoms with E-state index in [-0.39, 0.29) is 16.8 Å². The number of aliphatic hydroxyl groups is 2. The van der Waals surface area contributed by atoms with E-state index < -0.39 is 62.0 Å². The summed E-state index contributed by atoms with van der Waals surface area (Å²) in [6.07, 6.45) is -1.21. The van der Waals surface area contributed by atoms with Crippen LogP contribution in [0.2, 0.25) is 5.15 Å². The molecule has 1 aliphatic heterocycles. The van der Waals surface area contributed by atoms with Crippen LogP contribution in [0.25, 0.3) is 11.0 Å². The number of aliphatic hydroxyl groups excluding tert-OH is 2. The van der Waals surface area contributed by atoms with E-state index in [0.29, 0.717) is 16.8 Å². The summed E-state index contributed by atoms with van der Waals surface area (Å²) in [6, 6.07) is 8.60. The highest BCUT2D eigenvalue weighted by molar-refractivity contribution is 7.92. The summed E-state index contributed by atoms with van der Waals surface area (Å²) in [6.45, 7) is 1.18. The molecule has 6 N–H and O–H groups in total. The average molecular weight is 654 g/mol. The molecule has 0 aliphatic carbocycles. The Balaban J connectivity index is 1.54. The van der Waals surface area contributed by atoms with E-state index in [4.69, 9.17) is 30.6 Å². The molecule has 15 nitrogen and oxygen atoms in total. The summed E-state index contributed by atoms with van der Waals surface area (Å²) < 4.78 is 50.8. The molecule has 0 amide bonds. The molecule has 0 spiro atoms. The maximum absolute atomic E-state index is 12.0. The standard InChI is InChI=1S/C22H30ClN5O10P2S/c1-12(13-4-6-14(7-5-13)27-41(2,3)36)25-16-8-18(23)26-21-15(16)9-24-28(21)22-20(30)19(29)17(38-22)10-37-40(34,35)11-39(31,32)33/h4-9,12,17,19-20,22,29-30H,10-11H2,1-3H3,(H,25,26)(H,34,35)(H2,31,32,33)/t12-,17+,19+,20+,22+/m0/s1. The van der Waals surface area contributed by atoms with Gasteiger partial charge in [-0.3, -0.25) is 9.13 Å². The highest BCUT2D eigenvalue weighted by atomic mass is 35.5. The summed E-state index contributed by atoms with van der Waals surface area (Å²) in [5.41, 5.74) is 2.26. The van der Waals surface area contributed by atoms with Gasteiger partial charge in [-0.15, -0.1) is 0 Å². The summed E-state index contributed by atoms with van der Waals surface area (Å²) in [4.78, 5) is 31.9. The van der Waals surface area contributed by atoms with Gasteiger partial charge in [0.05, 0.1) is 29.6 Å². The predicted molar refractivity (Wildman–Crippen MR) is 152 cm³/mol. The maximum atomic E-state index is 12.0. The zero-order chi connectivity index (χ0) is 30.3. The number of anilines is 1. The lowest BCUT2D eigenvalue weighted by Gasteiger charge is -2.18. The van der Waals surface area contributed by atoms with Crippen molar-refractivity contribution in [1.82, 2.24) is 14.8 Å². The van der Waals surface area contributed by atoms with Gasteiger partial charge < -0.3 is 39.5 Å². The molecule has 41 heavy (non-hydrogen) atoms. The molecule has 2 aromatic heterocycles. The molecule has 19 heteroatoms. The zero-order valence-electron chi connectivity index (χ0n) is 22.0. The molecular formula is C22H30ClN5O10P2S. The maximum Gasteiger partial charge on any atom is 0.340 e. The minimum atomic E-state index is -4.85. The SMILES string of the molecule is C[C@H](Nc1cc(Cl)nc2c1cnn2[C@@H]1O[C@H](COP(=O)(O)CP(=O)(O)O)[C@@H](O)[C@H]1O)c1ccc(N=S(C)(C)=O)cc1. The van der Waals surface area contributed by atoms with Crippen LogP contribution in [-0.4, -0.2) is 87.2 Å². The van der Waals surface area contributed by atoms with Gasteiger partial charge in [-0.05, 0) is 30.7 Å². The first kappa shape index (κ1) is 32.0. The van der Waals surface area contributed by atoms with Crippen molar-refractivity contribution in [3.05, 3.63) is 47.2 Å². The number of nitrogens with zero attached hydrogens (tertiary/aromatic N) is 4. The zero-order valence-corrected chi connectivity index (χ0v) is 25.4. The number of rotatable bonds is 10. The Kier molecular flexibility index (Phi) is 9.34. The normalized spacial score (nSPS) is 23.8. The molecular weight excluding hydrogens is 624 g/mol. The van der Waals surface area contributed by atoms with Crippen molar-refractivity contribution in [3.63, 3.8) is 0 Å². The number of halogens is 1. The fourth-order valence-corrected chi connectivity index (χ4v) is 7.61. The van der Waals surface area contributed by atoms with Crippen molar-refractivity contribution in [2.45, 2.75) is 37.5 Å². The smallest absolute Gasteiger partial charge is 0.340 e. The summed E-state index contributed by atoms with van der Waals surface area (Å²) in [7, 11) is -11.9. The van der Waals surface area contributed by atoms with Gasteiger partial charge in [0.25, 0.3) is 0 Å². The first-order valence-electron chi connectivity index (χ1n) is 12.0. The number of nitrogens with one attached hydrogen (secondary N) is 1. The second-order valence-electron chi connectivity index (χ2n) is 9.83. The Morgan fingerprint density at radius 2 is 1.85 bits per heavy atom. The lowest BCUT2D eigenvalue weighted by molar-refractivity contribution is -0.0541. The highest BCUT2D eigenvalue weighted by Crippen LogP contribution is 2.55. The summed E-state index contributed by atoms with van der Waals surface area (Å²) in [5.74, 6) is -1.41. The summed E-state index contributed by atoms with van der Waals surface area (Å²) >= 11 is 6.29. The number of ether oxygens (including phenoxy) is 1. The van der Waals surface area contributed by atoms with Gasteiger partial charge in [0.15, 0.2) is 17.8 Å². The monoisotopic (exact) mass is 653 g/mol. The van der Waals surface area contributed by atoms with Crippen molar-refractivity contribution in [1.29, 1.82) is 0 Å². The Morgan fingerprint density at radius 3 is 2.46 bits per heavy atom. The molecule has 226 valence electrons. The molecule has 0 radical (unpaired) electrons. The van der Waals surface area contributed by atoms with E-state index >= 15 is 0 Å². The Bertz CT molecular complexity index is 1630. The van der Waals surface area contributed by atoms with E-state index in [9.17, 15) is 28.4 Å². The van der Waals surface area contributed by atoms with Crippen molar-refractivity contribution >= 4 is 58.9 Å². The van der Waals surface area contributed by atoms with Crippen molar-refractivity contribution < 1.29 is 47.5 Å². The van der Waals surface area contributed by atoms with Gasteiger partial charge in [-0.25, -0.2) is 13.9 Å². The van der Waals surface area contributed by atoms with Gasteiger partial charge in [0.1, 0.15) is 23.5 Å². The van der Waals surface area contributed by atoms with Gasteiger partial charge >= 0.3 is 15.2 Å². The van der Waals surface area contributed by atoms with Gasteiger partial charge in [-0.2, -0.15) is 9.46 Å². The molecule has 3 heterocycles. The van der Waals surface area contributed by atoms with E-state index in [1.54, 1.807) is 30.7 Å². The molecule has 1 unspecified atom stereocenters. The third-order valence-electron chi connectivity index (χ3n) is 6.01. The third kappa shape index (κ3) is 8.12. The minimum Gasteiger partial charge on any atom is -0.387 e. The number of hydrogen-bond acceptors (Lipinski definition) is 11. The van der Waals surface area contributed by atoms with Crippen molar-refractivity contribution in [2.24, 2.45) is 4.36 Å². The van der Waals surface area contributed by atoms with Crippen LogP contribution in [-0.2, 0) is 28.1 Å². The van der Waals surface area contributed by atoms with Gasteiger partial charge in [0.2, 0.25) is 0 Å². The van der Waals surface area contributed by atoms with E-state index in [1.165, 1.54) is 10.9 Å². The molecule has 0 saturated carbocycles. The van der Waals surface area contributed by atoms with Crippen LogP contribution < -0.4 is 5.32 Å². The Hall–Kier alpha value is -1.94. The molecule has 4 rings (SSSR count). The number of aromatic nitrogens is 3. The van der Waals surface area contributed by atoms with Gasteiger partial charge in [0, 0.05) is 28.3 Å². The van der Waals surface area contributed by atoms with Crippen molar-refractivity contribution in [3.8, 4) is 0 Å². The number of pyridine rings is 1. The van der Waals surface area contributed by atoms with Crippen molar-refractivity contribution in [2.75, 3.05) is 30.3 Å². The average Bonchev–Trinajstić information content (AvgIpc) is 3.36. The molecule has 0 bridgehead atoms. The highest BCUT2D eigenvalue weighted by Gasteiger charge is 2.46. The summed E-state index contributed by atoms with van der Waals surface area (Å²) in [5, 5.41) is 29.3.